The summed E-state index contributed by atoms with van der Waals surface area (Å²) in [5, 5.41) is 11.2. The summed E-state index contributed by atoms with van der Waals surface area (Å²) in [4.78, 5) is 17.3. The van der Waals surface area contributed by atoms with Gasteiger partial charge in [-0.05, 0) is 55.4 Å². The van der Waals surface area contributed by atoms with E-state index in [9.17, 15) is 18.7 Å². The molecule has 0 spiro atoms. The zero-order valence-corrected chi connectivity index (χ0v) is 17.4. The van der Waals surface area contributed by atoms with Gasteiger partial charge in [-0.25, -0.2) is 13.8 Å². The van der Waals surface area contributed by atoms with E-state index in [4.69, 9.17) is 11.6 Å². The number of imidazole rings is 1. The molecule has 5 rings (SSSR count). The van der Waals surface area contributed by atoms with Gasteiger partial charge in [0.1, 0.15) is 17.2 Å². The SMILES string of the molecule is O=C(CC1c2c(F)cccc2-c2cncn21)C1(O)CCC(c2ccc(F)c(Cl)c2)CC1. The highest BCUT2D eigenvalue weighted by atomic mass is 35.5. The van der Waals surface area contributed by atoms with Crippen LogP contribution >= 0.6 is 11.6 Å². The Labute approximate surface area is 183 Å². The van der Waals surface area contributed by atoms with Gasteiger partial charge in [0.2, 0.25) is 0 Å². The maximum absolute atomic E-state index is 14.6. The zero-order chi connectivity index (χ0) is 21.8. The highest BCUT2D eigenvalue weighted by Crippen LogP contribution is 2.45. The molecule has 1 aliphatic heterocycles. The Hall–Kier alpha value is -2.57. The second-order valence-corrected chi connectivity index (χ2v) is 8.92. The van der Waals surface area contributed by atoms with Crippen molar-refractivity contribution in [2.45, 2.75) is 49.7 Å². The number of carbonyl (C=O) groups is 1. The lowest BCUT2D eigenvalue weighted by Crippen LogP contribution is -2.42. The summed E-state index contributed by atoms with van der Waals surface area (Å²) in [5.74, 6) is -1.00. The zero-order valence-electron chi connectivity index (χ0n) is 16.7. The van der Waals surface area contributed by atoms with Crippen molar-refractivity contribution in [1.29, 1.82) is 0 Å². The summed E-state index contributed by atoms with van der Waals surface area (Å²) >= 11 is 5.90. The fraction of sp³-hybridized carbons (Fsp3) is 0.333. The third kappa shape index (κ3) is 3.38. The van der Waals surface area contributed by atoms with Crippen LogP contribution in [0.3, 0.4) is 0 Å². The summed E-state index contributed by atoms with van der Waals surface area (Å²) in [6.45, 7) is 0. The molecule has 1 N–H and O–H groups in total. The average Bonchev–Trinajstić information content (AvgIpc) is 3.34. The van der Waals surface area contributed by atoms with E-state index in [0.29, 0.717) is 31.2 Å². The minimum Gasteiger partial charge on any atom is -0.382 e. The molecule has 2 aromatic carbocycles. The molecule has 1 aliphatic carbocycles. The molecule has 0 bridgehead atoms. The molecule has 1 atom stereocenters. The van der Waals surface area contributed by atoms with E-state index in [0.717, 1.165) is 16.8 Å². The summed E-state index contributed by atoms with van der Waals surface area (Å²) in [6, 6.07) is 9.01. The van der Waals surface area contributed by atoms with E-state index in [-0.39, 0.29) is 29.0 Å². The molecule has 160 valence electrons. The molecular formula is C24H21ClF2N2O2. The number of hydrogen-bond donors (Lipinski definition) is 1. The third-order valence-electron chi connectivity index (χ3n) is 6.79. The minimum absolute atomic E-state index is 0.000830. The third-order valence-corrected chi connectivity index (χ3v) is 7.08. The van der Waals surface area contributed by atoms with Gasteiger partial charge in [-0.15, -0.1) is 0 Å². The van der Waals surface area contributed by atoms with E-state index in [1.54, 1.807) is 35.3 Å². The van der Waals surface area contributed by atoms with Gasteiger partial charge < -0.3 is 9.67 Å². The molecule has 2 heterocycles. The number of halogens is 3. The molecule has 1 saturated carbocycles. The molecule has 2 aliphatic rings. The highest BCUT2D eigenvalue weighted by Gasteiger charge is 2.42. The summed E-state index contributed by atoms with van der Waals surface area (Å²) in [6.07, 6.45) is 5.06. The van der Waals surface area contributed by atoms with Crippen molar-refractivity contribution in [3.8, 4) is 11.3 Å². The van der Waals surface area contributed by atoms with Gasteiger partial charge in [-0.2, -0.15) is 0 Å². The van der Waals surface area contributed by atoms with Crippen molar-refractivity contribution in [1.82, 2.24) is 9.55 Å². The summed E-state index contributed by atoms with van der Waals surface area (Å²) in [7, 11) is 0. The Bertz CT molecular complexity index is 1170. The maximum atomic E-state index is 14.6. The van der Waals surface area contributed by atoms with Crippen molar-refractivity contribution in [2.24, 2.45) is 0 Å². The van der Waals surface area contributed by atoms with Crippen LogP contribution in [0.2, 0.25) is 5.02 Å². The minimum atomic E-state index is -1.45. The number of carbonyl (C=O) groups excluding carboxylic acids is 1. The van der Waals surface area contributed by atoms with E-state index in [2.05, 4.69) is 4.98 Å². The van der Waals surface area contributed by atoms with Gasteiger partial charge in [0.15, 0.2) is 5.78 Å². The first kappa shape index (κ1) is 20.3. The molecule has 3 aromatic rings. The van der Waals surface area contributed by atoms with Crippen molar-refractivity contribution in [3.05, 3.63) is 76.7 Å². The van der Waals surface area contributed by atoms with Crippen LogP contribution in [0, 0.1) is 11.6 Å². The largest absolute Gasteiger partial charge is 0.382 e. The monoisotopic (exact) mass is 442 g/mol. The van der Waals surface area contributed by atoms with Crippen LogP contribution in [-0.4, -0.2) is 26.0 Å². The second-order valence-electron chi connectivity index (χ2n) is 8.51. The van der Waals surface area contributed by atoms with Gasteiger partial charge in [0, 0.05) is 17.5 Å². The van der Waals surface area contributed by atoms with Crippen molar-refractivity contribution >= 4 is 17.4 Å². The van der Waals surface area contributed by atoms with E-state index in [1.807, 2.05) is 6.07 Å². The lowest BCUT2D eigenvalue weighted by Gasteiger charge is -2.36. The summed E-state index contributed by atoms with van der Waals surface area (Å²) in [5.41, 5.74) is 1.45. The molecule has 7 heteroatoms. The van der Waals surface area contributed by atoms with Crippen LogP contribution in [0.4, 0.5) is 8.78 Å². The van der Waals surface area contributed by atoms with Crippen molar-refractivity contribution < 1.29 is 18.7 Å². The fourth-order valence-electron chi connectivity index (χ4n) is 5.04. The molecule has 0 amide bonds. The normalized spacial score (nSPS) is 24.6. The maximum Gasteiger partial charge on any atom is 0.166 e. The Morgan fingerprint density at radius 2 is 1.97 bits per heavy atom. The first-order valence-corrected chi connectivity index (χ1v) is 10.8. The van der Waals surface area contributed by atoms with Crippen LogP contribution in [0.1, 0.15) is 55.2 Å². The van der Waals surface area contributed by atoms with Gasteiger partial charge >= 0.3 is 0 Å². The van der Waals surface area contributed by atoms with Gasteiger partial charge in [-0.1, -0.05) is 29.8 Å². The molecule has 4 nitrogen and oxygen atoms in total. The van der Waals surface area contributed by atoms with E-state index >= 15 is 0 Å². The Morgan fingerprint density at radius 3 is 2.71 bits per heavy atom. The highest BCUT2D eigenvalue weighted by molar-refractivity contribution is 6.30. The molecule has 0 saturated heterocycles. The van der Waals surface area contributed by atoms with Gasteiger partial charge in [0.05, 0.1) is 29.3 Å². The van der Waals surface area contributed by atoms with Crippen LogP contribution < -0.4 is 0 Å². The molecule has 1 unspecified atom stereocenters. The topological polar surface area (TPSA) is 55.1 Å². The number of aromatic nitrogens is 2. The van der Waals surface area contributed by atoms with Crippen LogP contribution in [0.25, 0.3) is 11.3 Å². The van der Waals surface area contributed by atoms with Crippen LogP contribution in [0.15, 0.2) is 48.9 Å². The second kappa shape index (κ2) is 7.53. The number of benzene rings is 2. The number of rotatable bonds is 4. The Balaban J connectivity index is 1.33. The lowest BCUT2D eigenvalue weighted by molar-refractivity contribution is -0.141. The molecular weight excluding hydrogens is 422 g/mol. The average molecular weight is 443 g/mol. The molecule has 0 radical (unpaired) electrons. The van der Waals surface area contributed by atoms with E-state index < -0.39 is 17.5 Å². The number of aliphatic hydroxyl groups is 1. The quantitative estimate of drug-likeness (QED) is 0.586. The fourth-order valence-corrected chi connectivity index (χ4v) is 5.23. The molecule has 1 fully saturated rings. The molecule has 1 aromatic heterocycles. The smallest absolute Gasteiger partial charge is 0.166 e. The standard InChI is InChI=1S/C24H21ClF2N2O2/c25-17-10-15(4-5-18(17)26)14-6-8-24(31,9-7-14)22(30)11-20-23-16(2-1-3-19(23)27)21-12-28-13-29(20)21/h1-5,10,12-14,20,31H,6-9,11H2. The number of Topliss-reactive ketones (excluding diaryl/α,β-unsaturated/α-hetero) is 1. The van der Waals surface area contributed by atoms with Gasteiger partial charge in [-0.3, -0.25) is 4.79 Å². The number of nitrogens with zero attached hydrogens (tertiary/aromatic N) is 2. The number of ketones is 1. The van der Waals surface area contributed by atoms with Gasteiger partial charge in [0.25, 0.3) is 0 Å². The van der Waals surface area contributed by atoms with Crippen molar-refractivity contribution in [3.63, 3.8) is 0 Å². The number of hydrogen-bond acceptors (Lipinski definition) is 3. The van der Waals surface area contributed by atoms with Crippen LogP contribution in [0.5, 0.6) is 0 Å². The van der Waals surface area contributed by atoms with Crippen molar-refractivity contribution in [2.75, 3.05) is 0 Å². The first-order valence-electron chi connectivity index (χ1n) is 10.4. The Morgan fingerprint density at radius 1 is 1.19 bits per heavy atom. The summed E-state index contributed by atoms with van der Waals surface area (Å²) < 4.78 is 29.9. The van der Waals surface area contributed by atoms with E-state index in [1.165, 1.54) is 12.1 Å². The molecule has 31 heavy (non-hydrogen) atoms. The Kier molecular flexibility index (Phi) is 4.94. The predicted octanol–water partition coefficient (Wildman–Crippen LogP) is 5.43. The predicted molar refractivity (Wildman–Crippen MR) is 113 cm³/mol. The first-order chi connectivity index (χ1) is 14.9. The lowest BCUT2D eigenvalue weighted by atomic mass is 9.73. The number of fused-ring (bicyclic) bond motifs is 3. The van der Waals surface area contributed by atoms with Crippen LogP contribution in [-0.2, 0) is 4.79 Å².